The van der Waals surface area contributed by atoms with E-state index in [4.69, 9.17) is 4.74 Å². The van der Waals surface area contributed by atoms with Crippen LogP contribution in [-0.4, -0.2) is 44.3 Å². The molecule has 0 fully saturated rings. The van der Waals surface area contributed by atoms with Crippen molar-refractivity contribution in [3.8, 4) is 0 Å². The molecular formula is C20H33N3O3. The van der Waals surface area contributed by atoms with Crippen molar-refractivity contribution in [2.24, 2.45) is 5.92 Å². The number of alkyl carbamates (subject to hydrolysis) is 1. The van der Waals surface area contributed by atoms with Gasteiger partial charge < -0.3 is 20.3 Å². The number of nitrogens with zero attached hydrogens (tertiary/aromatic N) is 1. The third kappa shape index (κ3) is 7.76. The average Bonchev–Trinajstić information content (AvgIpc) is 2.51. The highest BCUT2D eigenvalue weighted by atomic mass is 16.6. The lowest BCUT2D eigenvalue weighted by molar-refractivity contribution is -0.124. The molecule has 1 atom stereocenters. The molecule has 0 spiro atoms. The maximum absolute atomic E-state index is 12.4. The van der Waals surface area contributed by atoms with E-state index in [9.17, 15) is 9.59 Å². The van der Waals surface area contributed by atoms with Crippen LogP contribution >= 0.6 is 0 Å². The van der Waals surface area contributed by atoms with Crippen LogP contribution in [0.4, 0.5) is 10.5 Å². The maximum atomic E-state index is 12.4. The number of benzene rings is 1. The van der Waals surface area contributed by atoms with Crippen LogP contribution in [0.25, 0.3) is 0 Å². The quantitative estimate of drug-likeness (QED) is 0.781. The molecule has 2 amide bonds. The largest absolute Gasteiger partial charge is 0.444 e. The number of anilines is 1. The number of ether oxygens (including phenoxy) is 1. The Bertz CT molecular complexity index is 589. The normalized spacial score (nSPS) is 12.5. The highest BCUT2D eigenvalue weighted by Crippen LogP contribution is 2.12. The molecule has 0 saturated heterocycles. The van der Waals surface area contributed by atoms with E-state index in [0.717, 1.165) is 17.7 Å². The van der Waals surface area contributed by atoms with E-state index >= 15 is 0 Å². The van der Waals surface area contributed by atoms with Crippen LogP contribution in [0.2, 0.25) is 0 Å². The summed E-state index contributed by atoms with van der Waals surface area (Å²) in [5, 5.41) is 5.56. The summed E-state index contributed by atoms with van der Waals surface area (Å²) in [6, 6.07) is 7.60. The maximum Gasteiger partial charge on any atom is 0.408 e. The third-order valence-corrected chi connectivity index (χ3v) is 3.79. The summed E-state index contributed by atoms with van der Waals surface area (Å²) < 4.78 is 5.24. The standard InChI is InChI=1S/C20H33N3O3/c1-14(2)17(22-19(25)26-20(3,4)5)18(24)21-13-12-15-8-10-16(11-9-15)23(6)7/h8-11,14,17H,12-13H2,1-7H3,(H,21,24)(H,22,25). The van der Waals surface area contributed by atoms with E-state index in [1.54, 1.807) is 20.8 Å². The highest BCUT2D eigenvalue weighted by molar-refractivity contribution is 5.85. The summed E-state index contributed by atoms with van der Waals surface area (Å²) in [5.74, 6) is -0.238. The van der Waals surface area contributed by atoms with E-state index in [1.165, 1.54) is 0 Å². The van der Waals surface area contributed by atoms with E-state index < -0.39 is 17.7 Å². The zero-order valence-corrected chi connectivity index (χ0v) is 17.1. The van der Waals surface area contributed by atoms with Crippen molar-refractivity contribution in [2.45, 2.75) is 52.7 Å². The van der Waals surface area contributed by atoms with Gasteiger partial charge in [-0.15, -0.1) is 0 Å². The smallest absolute Gasteiger partial charge is 0.408 e. The van der Waals surface area contributed by atoms with Crippen LogP contribution in [0.15, 0.2) is 24.3 Å². The molecule has 1 aromatic rings. The Labute approximate surface area is 157 Å². The van der Waals surface area contributed by atoms with Gasteiger partial charge in [-0.2, -0.15) is 0 Å². The first-order valence-corrected chi connectivity index (χ1v) is 9.03. The van der Waals surface area contributed by atoms with Crippen molar-refractivity contribution in [2.75, 3.05) is 25.5 Å². The Hall–Kier alpha value is -2.24. The predicted molar refractivity (Wildman–Crippen MR) is 105 cm³/mol. The monoisotopic (exact) mass is 363 g/mol. The van der Waals surface area contributed by atoms with E-state index in [0.29, 0.717) is 6.54 Å². The fraction of sp³-hybridized carbons (Fsp3) is 0.600. The molecular weight excluding hydrogens is 330 g/mol. The van der Waals surface area contributed by atoms with Crippen molar-refractivity contribution in [3.63, 3.8) is 0 Å². The summed E-state index contributed by atoms with van der Waals surface area (Å²) in [6.45, 7) is 9.67. The number of rotatable bonds is 7. The molecule has 0 heterocycles. The van der Waals surface area contributed by atoms with E-state index in [1.807, 2.05) is 32.8 Å². The topological polar surface area (TPSA) is 70.7 Å². The van der Waals surface area contributed by atoms with Crippen LogP contribution < -0.4 is 15.5 Å². The Kier molecular flexibility index (Phi) is 7.93. The molecule has 0 aliphatic carbocycles. The summed E-state index contributed by atoms with van der Waals surface area (Å²) in [5.41, 5.74) is 1.69. The van der Waals surface area contributed by atoms with Crippen molar-refractivity contribution in [3.05, 3.63) is 29.8 Å². The zero-order chi connectivity index (χ0) is 19.9. The molecule has 26 heavy (non-hydrogen) atoms. The average molecular weight is 364 g/mol. The van der Waals surface area contributed by atoms with Gasteiger partial charge in [0.05, 0.1) is 0 Å². The first-order valence-electron chi connectivity index (χ1n) is 9.03. The number of carbonyl (C=O) groups excluding carboxylic acids is 2. The number of amides is 2. The van der Waals surface area contributed by atoms with Gasteiger partial charge in [0, 0.05) is 26.3 Å². The van der Waals surface area contributed by atoms with Crippen LogP contribution in [0.5, 0.6) is 0 Å². The van der Waals surface area contributed by atoms with Gasteiger partial charge in [-0.1, -0.05) is 26.0 Å². The van der Waals surface area contributed by atoms with Crippen LogP contribution in [-0.2, 0) is 16.0 Å². The van der Waals surface area contributed by atoms with Gasteiger partial charge in [-0.05, 0) is 50.8 Å². The van der Waals surface area contributed by atoms with Gasteiger partial charge in [-0.3, -0.25) is 4.79 Å². The summed E-state index contributed by atoms with van der Waals surface area (Å²) in [4.78, 5) is 26.4. The van der Waals surface area contributed by atoms with Gasteiger partial charge >= 0.3 is 6.09 Å². The first kappa shape index (κ1) is 21.8. The Morgan fingerprint density at radius 2 is 1.69 bits per heavy atom. The zero-order valence-electron chi connectivity index (χ0n) is 17.1. The van der Waals surface area contributed by atoms with Gasteiger partial charge in [-0.25, -0.2) is 4.79 Å². The molecule has 0 bridgehead atoms. The minimum Gasteiger partial charge on any atom is -0.444 e. The molecule has 0 aliphatic rings. The molecule has 0 radical (unpaired) electrons. The van der Waals surface area contributed by atoms with E-state index in [2.05, 4.69) is 34.9 Å². The summed E-state index contributed by atoms with van der Waals surface area (Å²) in [6.07, 6.45) is 0.155. The van der Waals surface area contributed by atoms with Crippen LogP contribution in [0.3, 0.4) is 0 Å². The second kappa shape index (κ2) is 9.46. The summed E-state index contributed by atoms with van der Waals surface area (Å²) in [7, 11) is 4.00. The molecule has 0 saturated carbocycles. The molecule has 146 valence electrons. The van der Waals surface area contributed by atoms with Gasteiger partial charge in [0.25, 0.3) is 0 Å². The lowest BCUT2D eigenvalue weighted by Crippen LogP contribution is -2.51. The summed E-state index contributed by atoms with van der Waals surface area (Å²) >= 11 is 0. The van der Waals surface area contributed by atoms with Crippen molar-refractivity contribution >= 4 is 17.7 Å². The third-order valence-electron chi connectivity index (χ3n) is 3.79. The molecule has 0 aromatic heterocycles. The fourth-order valence-corrected chi connectivity index (χ4v) is 2.37. The van der Waals surface area contributed by atoms with Crippen LogP contribution in [0, 0.1) is 5.92 Å². The predicted octanol–water partition coefficient (Wildman–Crippen LogP) is 2.96. The van der Waals surface area contributed by atoms with Crippen molar-refractivity contribution < 1.29 is 14.3 Å². The molecule has 2 N–H and O–H groups in total. The minimum absolute atomic E-state index is 0.0399. The molecule has 1 rings (SSSR count). The number of carbonyl (C=O) groups is 2. The van der Waals surface area contributed by atoms with Crippen molar-refractivity contribution in [1.82, 2.24) is 10.6 Å². The Morgan fingerprint density at radius 1 is 1.12 bits per heavy atom. The number of hydrogen-bond acceptors (Lipinski definition) is 4. The molecule has 1 unspecified atom stereocenters. The van der Waals surface area contributed by atoms with Gasteiger partial charge in [0.2, 0.25) is 5.91 Å². The Balaban J connectivity index is 2.53. The second-order valence-corrected chi connectivity index (χ2v) is 7.97. The molecule has 0 aliphatic heterocycles. The highest BCUT2D eigenvalue weighted by Gasteiger charge is 2.26. The molecule has 6 heteroatoms. The van der Waals surface area contributed by atoms with Gasteiger partial charge in [0.15, 0.2) is 0 Å². The SMILES string of the molecule is CC(C)C(NC(=O)OC(C)(C)C)C(=O)NCCc1ccc(N(C)C)cc1. The van der Waals surface area contributed by atoms with Crippen molar-refractivity contribution in [1.29, 1.82) is 0 Å². The van der Waals surface area contributed by atoms with Gasteiger partial charge in [0.1, 0.15) is 11.6 Å². The lowest BCUT2D eigenvalue weighted by Gasteiger charge is -2.25. The lowest BCUT2D eigenvalue weighted by atomic mass is 10.0. The fourth-order valence-electron chi connectivity index (χ4n) is 2.37. The second-order valence-electron chi connectivity index (χ2n) is 7.97. The number of nitrogens with one attached hydrogen (secondary N) is 2. The van der Waals surface area contributed by atoms with E-state index in [-0.39, 0.29) is 11.8 Å². The minimum atomic E-state index is -0.624. The van der Waals surface area contributed by atoms with Crippen LogP contribution in [0.1, 0.15) is 40.2 Å². The molecule has 6 nitrogen and oxygen atoms in total. The first-order chi connectivity index (χ1) is 12.0. The number of hydrogen-bond donors (Lipinski definition) is 2. The Morgan fingerprint density at radius 3 is 2.15 bits per heavy atom. The molecule has 1 aromatic carbocycles.